The van der Waals surface area contributed by atoms with Gasteiger partial charge in [-0.3, -0.25) is 14.4 Å². The van der Waals surface area contributed by atoms with Gasteiger partial charge < -0.3 is 11.1 Å². The van der Waals surface area contributed by atoms with Crippen LogP contribution in [0.3, 0.4) is 0 Å². The average Bonchev–Trinajstić information content (AvgIpc) is 1.96. The molecule has 0 rings (SSSR count). The number of rotatable bonds is 5. The number of carbonyl (C=O) groups excluding carboxylic acids is 3. The molecule has 0 aromatic heterocycles. The summed E-state index contributed by atoms with van der Waals surface area (Å²) in [5.74, 6) is -0.933. The van der Waals surface area contributed by atoms with Gasteiger partial charge >= 0.3 is 0 Å². The van der Waals surface area contributed by atoms with Gasteiger partial charge in [0.1, 0.15) is 0 Å². The summed E-state index contributed by atoms with van der Waals surface area (Å²) < 4.78 is 0. The van der Waals surface area contributed by atoms with Crippen molar-refractivity contribution in [3.8, 4) is 0 Å². The third-order valence-corrected chi connectivity index (χ3v) is 1.55. The van der Waals surface area contributed by atoms with E-state index in [-0.39, 0.29) is 24.5 Å². The predicted octanol–water partition coefficient (Wildman–Crippen LogP) is -0.654. The van der Waals surface area contributed by atoms with E-state index in [0.29, 0.717) is 0 Å². The minimum absolute atomic E-state index is 0.102. The summed E-state index contributed by atoms with van der Waals surface area (Å²) in [6, 6.07) is -0.593. The maximum absolute atomic E-state index is 10.9. The molecule has 0 heterocycles. The zero-order valence-electron chi connectivity index (χ0n) is 7.79. The number of carbonyl (C=O) groups is 3. The van der Waals surface area contributed by atoms with Crippen molar-refractivity contribution < 1.29 is 14.4 Å². The van der Waals surface area contributed by atoms with Gasteiger partial charge in [0.05, 0.1) is 6.04 Å². The van der Waals surface area contributed by atoms with Crippen LogP contribution >= 0.6 is 0 Å². The molecule has 0 aliphatic heterocycles. The summed E-state index contributed by atoms with van der Waals surface area (Å²) in [5, 5.41) is 2.44. The Labute approximate surface area is 76.7 Å². The van der Waals surface area contributed by atoms with E-state index >= 15 is 0 Å². The van der Waals surface area contributed by atoms with E-state index < -0.39 is 11.9 Å². The minimum atomic E-state index is -0.593. The molecule has 0 aromatic rings. The Balaban J connectivity index is 4.02. The molecule has 5 nitrogen and oxygen atoms in total. The second kappa shape index (κ2) is 5.29. The lowest BCUT2D eigenvalue weighted by Gasteiger charge is -2.12. The molecule has 0 unspecified atom stereocenters. The Kier molecular flexibility index (Phi) is 4.72. The fourth-order valence-electron chi connectivity index (χ4n) is 0.909. The highest BCUT2D eigenvalue weighted by molar-refractivity contribution is 5.87. The Bertz CT molecular complexity index is 225. The van der Waals surface area contributed by atoms with E-state index in [1.807, 2.05) is 0 Å². The van der Waals surface area contributed by atoms with Gasteiger partial charge in [-0.15, -0.1) is 0 Å². The van der Waals surface area contributed by atoms with Crippen LogP contribution in [0.4, 0.5) is 0 Å². The van der Waals surface area contributed by atoms with E-state index in [0.717, 1.165) is 0 Å². The van der Waals surface area contributed by atoms with Crippen LogP contribution in [0.15, 0.2) is 0 Å². The fourth-order valence-corrected chi connectivity index (χ4v) is 0.909. The Morgan fingerprint density at radius 3 is 2.15 bits per heavy atom. The Morgan fingerprint density at radius 2 is 1.85 bits per heavy atom. The van der Waals surface area contributed by atoms with Gasteiger partial charge in [-0.1, -0.05) is 0 Å². The summed E-state index contributed by atoms with van der Waals surface area (Å²) in [5.41, 5.74) is 4.91. The molecule has 13 heavy (non-hydrogen) atoms. The van der Waals surface area contributed by atoms with Gasteiger partial charge in [0.2, 0.25) is 11.8 Å². The second-order valence-corrected chi connectivity index (χ2v) is 2.87. The fraction of sp³-hybridized carbons (Fsp3) is 0.625. The molecule has 0 saturated carbocycles. The molecule has 0 saturated heterocycles. The van der Waals surface area contributed by atoms with Crippen LogP contribution in [-0.4, -0.2) is 23.6 Å². The van der Waals surface area contributed by atoms with Crippen molar-refractivity contribution in [1.82, 2.24) is 5.32 Å². The van der Waals surface area contributed by atoms with Crippen molar-refractivity contribution in [1.29, 1.82) is 0 Å². The lowest BCUT2D eigenvalue weighted by molar-refractivity contribution is -0.126. The molecule has 5 heteroatoms. The topological polar surface area (TPSA) is 89.3 Å². The third-order valence-electron chi connectivity index (χ3n) is 1.55. The molecular weight excluding hydrogens is 172 g/mol. The number of amides is 2. The first-order valence-corrected chi connectivity index (χ1v) is 3.99. The van der Waals surface area contributed by atoms with Crippen molar-refractivity contribution in [3.05, 3.63) is 0 Å². The van der Waals surface area contributed by atoms with Crippen LogP contribution in [0.1, 0.15) is 26.7 Å². The first kappa shape index (κ1) is 11.6. The highest BCUT2D eigenvalue weighted by Gasteiger charge is 2.15. The van der Waals surface area contributed by atoms with E-state index in [4.69, 9.17) is 5.73 Å². The van der Waals surface area contributed by atoms with Gasteiger partial charge in [0.25, 0.3) is 0 Å². The number of hydrogen-bond donors (Lipinski definition) is 2. The van der Waals surface area contributed by atoms with E-state index in [1.54, 1.807) is 0 Å². The van der Waals surface area contributed by atoms with Crippen molar-refractivity contribution in [3.63, 3.8) is 0 Å². The van der Waals surface area contributed by atoms with E-state index in [9.17, 15) is 14.4 Å². The number of primary amides is 1. The molecule has 0 fully saturated rings. The Morgan fingerprint density at radius 1 is 1.31 bits per heavy atom. The van der Waals surface area contributed by atoms with Crippen LogP contribution < -0.4 is 11.1 Å². The molecule has 0 aliphatic carbocycles. The first-order valence-electron chi connectivity index (χ1n) is 3.99. The summed E-state index contributed by atoms with van der Waals surface area (Å²) in [6.07, 6.45) is 0.370. The van der Waals surface area contributed by atoms with Crippen LogP contribution in [0.5, 0.6) is 0 Å². The number of nitrogens with one attached hydrogen (secondary N) is 1. The third kappa shape index (κ3) is 5.84. The van der Waals surface area contributed by atoms with Gasteiger partial charge in [-0.25, -0.2) is 0 Å². The SMILES string of the molecule is CC(=O)N[C@@H](CCC(N)=O)C(C)=O. The standard InChI is InChI=1S/C8H14N2O3/c1-5(11)7(10-6(2)12)3-4-8(9)13/h7H,3-4H2,1-2H3,(H2,9,13)(H,10,12)/t7-/m0/s1. The zero-order chi connectivity index (χ0) is 10.4. The maximum Gasteiger partial charge on any atom is 0.217 e. The average molecular weight is 186 g/mol. The van der Waals surface area contributed by atoms with Crippen LogP contribution in [0.25, 0.3) is 0 Å². The number of nitrogens with two attached hydrogens (primary N) is 1. The van der Waals surface area contributed by atoms with Gasteiger partial charge in [0.15, 0.2) is 5.78 Å². The normalized spacial score (nSPS) is 11.8. The van der Waals surface area contributed by atoms with Crippen LogP contribution in [0.2, 0.25) is 0 Å². The molecular formula is C8H14N2O3. The largest absolute Gasteiger partial charge is 0.370 e. The smallest absolute Gasteiger partial charge is 0.217 e. The van der Waals surface area contributed by atoms with E-state index in [1.165, 1.54) is 13.8 Å². The van der Waals surface area contributed by atoms with Gasteiger partial charge in [-0.05, 0) is 13.3 Å². The molecule has 74 valence electrons. The van der Waals surface area contributed by atoms with Crippen LogP contribution in [-0.2, 0) is 14.4 Å². The number of hydrogen-bond acceptors (Lipinski definition) is 3. The molecule has 3 N–H and O–H groups in total. The lowest BCUT2D eigenvalue weighted by Crippen LogP contribution is -2.39. The molecule has 0 bridgehead atoms. The predicted molar refractivity (Wildman–Crippen MR) is 46.7 cm³/mol. The summed E-state index contributed by atoms with van der Waals surface area (Å²) in [4.78, 5) is 32.0. The van der Waals surface area contributed by atoms with Crippen molar-refractivity contribution in [2.75, 3.05) is 0 Å². The van der Waals surface area contributed by atoms with Gasteiger partial charge in [-0.2, -0.15) is 0 Å². The highest BCUT2D eigenvalue weighted by Crippen LogP contribution is 1.97. The summed E-state index contributed by atoms with van der Waals surface area (Å²) >= 11 is 0. The number of Topliss-reactive ketones (excluding diaryl/α,β-unsaturated/α-hetero) is 1. The molecule has 0 radical (unpaired) electrons. The first-order chi connectivity index (χ1) is 5.93. The summed E-state index contributed by atoms with van der Waals surface area (Å²) in [6.45, 7) is 2.68. The highest BCUT2D eigenvalue weighted by atomic mass is 16.2. The van der Waals surface area contributed by atoms with E-state index in [2.05, 4.69) is 5.32 Å². The molecule has 1 atom stereocenters. The number of ketones is 1. The zero-order valence-corrected chi connectivity index (χ0v) is 7.79. The molecule has 0 spiro atoms. The van der Waals surface area contributed by atoms with Crippen molar-refractivity contribution >= 4 is 17.6 Å². The maximum atomic E-state index is 10.9. The molecule has 0 aliphatic rings. The quantitative estimate of drug-likeness (QED) is 0.597. The lowest BCUT2D eigenvalue weighted by atomic mass is 10.1. The van der Waals surface area contributed by atoms with Crippen molar-refractivity contribution in [2.45, 2.75) is 32.7 Å². The molecule has 2 amide bonds. The van der Waals surface area contributed by atoms with Crippen molar-refractivity contribution in [2.24, 2.45) is 5.73 Å². The Hall–Kier alpha value is -1.39. The molecule has 0 aromatic carbocycles. The monoisotopic (exact) mass is 186 g/mol. The van der Waals surface area contributed by atoms with Crippen LogP contribution in [0, 0.1) is 0 Å². The minimum Gasteiger partial charge on any atom is -0.370 e. The van der Waals surface area contributed by atoms with Gasteiger partial charge in [0, 0.05) is 13.3 Å². The summed E-state index contributed by atoms with van der Waals surface area (Å²) in [7, 11) is 0. The second-order valence-electron chi connectivity index (χ2n) is 2.87.